The Morgan fingerprint density at radius 2 is 2.09 bits per heavy atom. The fourth-order valence-corrected chi connectivity index (χ4v) is 5.80. The minimum absolute atomic E-state index is 0.0313. The Morgan fingerprint density at radius 1 is 1.45 bits per heavy atom. The number of carboxylic acids is 2. The van der Waals surface area contributed by atoms with E-state index in [2.05, 4.69) is 0 Å². The van der Waals surface area contributed by atoms with Gasteiger partial charge in [-0.2, -0.15) is 4.31 Å². The first-order chi connectivity index (χ1) is 10.1. The van der Waals surface area contributed by atoms with E-state index in [4.69, 9.17) is 16.7 Å². The van der Waals surface area contributed by atoms with Crippen molar-refractivity contribution < 1.29 is 28.2 Å². The molecule has 2 N–H and O–H groups in total. The quantitative estimate of drug-likeness (QED) is 0.818. The van der Waals surface area contributed by atoms with Gasteiger partial charge in [-0.15, -0.1) is 11.3 Å². The molecule has 1 aromatic rings. The standard InChI is InChI=1S/C12H14ClNO6S2/c1-7-4-9(21-10(7)13)22(19,20)14-3-2-12(6-14,11(17)18)5-8(15)16/h4H,2-3,5-6H2,1H3,(H,15,16)(H,17,18). The number of thiophene rings is 1. The molecule has 1 aromatic heterocycles. The molecule has 0 aliphatic carbocycles. The second-order valence-electron chi connectivity index (χ2n) is 5.27. The van der Waals surface area contributed by atoms with E-state index in [1.165, 1.54) is 6.07 Å². The van der Waals surface area contributed by atoms with Crippen LogP contribution in [0.2, 0.25) is 4.34 Å². The number of rotatable bonds is 5. The summed E-state index contributed by atoms with van der Waals surface area (Å²) in [5.41, 5.74) is -0.964. The second-order valence-corrected chi connectivity index (χ2v) is 9.09. The molecule has 2 heterocycles. The lowest BCUT2D eigenvalue weighted by molar-refractivity contribution is -0.154. The van der Waals surface area contributed by atoms with Crippen molar-refractivity contribution in [3.63, 3.8) is 0 Å². The third kappa shape index (κ3) is 2.98. The number of halogens is 1. The van der Waals surface area contributed by atoms with Gasteiger partial charge in [-0.25, -0.2) is 8.42 Å². The van der Waals surface area contributed by atoms with Gasteiger partial charge in [0.1, 0.15) is 4.21 Å². The maximum Gasteiger partial charge on any atom is 0.311 e. The van der Waals surface area contributed by atoms with E-state index in [0.717, 1.165) is 15.6 Å². The van der Waals surface area contributed by atoms with Crippen LogP contribution in [0.15, 0.2) is 10.3 Å². The van der Waals surface area contributed by atoms with E-state index < -0.39 is 33.8 Å². The van der Waals surface area contributed by atoms with Crippen LogP contribution >= 0.6 is 22.9 Å². The number of aliphatic carboxylic acids is 2. The van der Waals surface area contributed by atoms with Crippen LogP contribution in [0.3, 0.4) is 0 Å². The molecule has 1 unspecified atom stereocenters. The number of hydrogen-bond donors (Lipinski definition) is 2. The van der Waals surface area contributed by atoms with E-state index in [1.807, 2.05) is 0 Å². The number of aryl methyl sites for hydroxylation is 1. The Bertz CT molecular complexity index is 708. The molecular weight excluding hydrogens is 354 g/mol. The van der Waals surface area contributed by atoms with Crippen LogP contribution in [0.4, 0.5) is 0 Å². The maximum absolute atomic E-state index is 12.5. The molecule has 0 amide bonds. The summed E-state index contributed by atoms with van der Waals surface area (Å²) in [4.78, 5) is 22.3. The lowest BCUT2D eigenvalue weighted by atomic mass is 9.84. The van der Waals surface area contributed by atoms with Gasteiger partial charge in [-0.05, 0) is 25.0 Å². The monoisotopic (exact) mass is 367 g/mol. The van der Waals surface area contributed by atoms with Crippen LogP contribution in [0.25, 0.3) is 0 Å². The highest BCUT2D eigenvalue weighted by molar-refractivity contribution is 7.91. The number of hydrogen-bond acceptors (Lipinski definition) is 5. The Morgan fingerprint density at radius 3 is 2.55 bits per heavy atom. The van der Waals surface area contributed by atoms with Crippen LogP contribution in [-0.2, 0) is 19.6 Å². The van der Waals surface area contributed by atoms with Gasteiger partial charge in [0.2, 0.25) is 0 Å². The molecular formula is C12H14ClNO6S2. The minimum atomic E-state index is -3.87. The molecule has 0 aromatic carbocycles. The first kappa shape index (κ1) is 17.2. The molecule has 0 saturated carbocycles. The summed E-state index contributed by atoms with van der Waals surface area (Å²) in [6.45, 7) is 1.29. The van der Waals surface area contributed by atoms with Crippen molar-refractivity contribution in [2.75, 3.05) is 13.1 Å². The average Bonchev–Trinajstić information content (AvgIpc) is 2.96. The smallest absolute Gasteiger partial charge is 0.311 e. The van der Waals surface area contributed by atoms with Crippen LogP contribution in [0.5, 0.6) is 0 Å². The molecule has 122 valence electrons. The summed E-state index contributed by atoms with van der Waals surface area (Å²) in [6.07, 6.45) is -0.648. The molecule has 7 nitrogen and oxygen atoms in total. The van der Waals surface area contributed by atoms with Gasteiger partial charge in [0.15, 0.2) is 0 Å². The second kappa shape index (κ2) is 5.80. The van der Waals surface area contributed by atoms with Gasteiger partial charge in [-0.3, -0.25) is 9.59 Å². The maximum atomic E-state index is 12.5. The highest BCUT2D eigenvalue weighted by atomic mass is 35.5. The number of carboxylic acid groups (broad SMARTS) is 2. The highest BCUT2D eigenvalue weighted by Gasteiger charge is 2.50. The van der Waals surface area contributed by atoms with Crippen LogP contribution < -0.4 is 0 Å². The van der Waals surface area contributed by atoms with Crippen molar-refractivity contribution in [1.29, 1.82) is 0 Å². The molecule has 22 heavy (non-hydrogen) atoms. The molecule has 1 aliphatic heterocycles. The normalized spacial score (nSPS) is 22.8. The summed E-state index contributed by atoms with van der Waals surface area (Å²) in [5, 5.41) is 18.2. The van der Waals surface area contributed by atoms with Crippen LogP contribution in [0.1, 0.15) is 18.4 Å². The zero-order valence-electron chi connectivity index (χ0n) is 11.6. The first-order valence-corrected chi connectivity index (χ1v) is 8.93. The Hall–Kier alpha value is -1.16. The summed E-state index contributed by atoms with van der Waals surface area (Å²) in [5.74, 6) is -2.57. The largest absolute Gasteiger partial charge is 0.481 e. The topological polar surface area (TPSA) is 112 Å². The number of nitrogens with zero attached hydrogens (tertiary/aromatic N) is 1. The molecule has 2 rings (SSSR count). The third-order valence-corrected chi connectivity index (χ3v) is 7.54. The van der Waals surface area contributed by atoms with Crippen molar-refractivity contribution in [3.05, 3.63) is 16.0 Å². The van der Waals surface area contributed by atoms with E-state index in [0.29, 0.717) is 9.90 Å². The molecule has 1 atom stereocenters. The van der Waals surface area contributed by atoms with Crippen LogP contribution in [0, 0.1) is 12.3 Å². The van der Waals surface area contributed by atoms with Gasteiger partial charge >= 0.3 is 11.9 Å². The molecule has 1 saturated heterocycles. The van der Waals surface area contributed by atoms with E-state index >= 15 is 0 Å². The first-order valence-electron chi connectivity index (χ1n) is 6.30. The van der Waals surface area contributed by atoms with Gasteiger partial charge in [0.05, 0.1) is 16.2 Å². The fourth-order valence-electron chi connectivity index (χ4n) is 2.41. The van der Waals surface area contributed by atoms with Crippen molar-refractivity contribution in [3.8, 4) is 0 Å². The summed E-state index contributed by atoms with van der Waals surface area (Å²) in [7, 11) is -3.87. The van der Waals surface area contributed by atoms with E-state index in [-0.39, 0.29) is 23.7 Å². The van der Waals surface area contributed by atoms with Crippen molar-refractivity contribution in [1.82, 2.24) is 4.31 Å². The number of sulfonamides is 1. The lowest BCUT2D eigenvalue weighted by Gasteiger charge is -2.22. The third-order valence-electron chi connectivity index (χ3n) is 3.69. The van der Waals surface area contributed by atoms with Gasteiger partial charge in [0.25, 0.3) is 10.0 Å². The summed E-state index contributed by atoms with van der Waals surface area (Å²) >= 11 is 6.78. The number of carbonyl (C=O) groups is 2. The van der Waals surface area contributed by atoms with E-state index in [9.17, 15) is 23.1 Å². The molecule has 1 fully saturated rings. The Kier molecular flexibility index (Phi) is 4.54. The predicted molar refractivity (Wildman–Crippen MR) is 79.8 cm³/mol. The SMILES string of the molecule is Cc1cc(S(=O)(=O)N2CCC(CC(=O)O)(C(=O)O)C2)sc1Cl. The van der Waals surface area contributed by atoms with Crippen molar-refractivity contribution >= 4 is 44.9 Å². The van der Waals surface area contributed by atoms with Crippen molar-refractivity contribution in [2.24, 2.45) is 5.41 Å². The van der Waals surface area contributed by atoms with Gasteiger partial charge in [-0.1, -0.05) is 11.6 Å². The van der Waals surface area contributed by atoms with Crippen LogP contribution in [-0.4, -0.2) is 48.0 Å². The summed E-state index contributed by atoms with van der Waals surface area (Å²) in [6, 6.07) is 1.43. The fraction of sp³-hybridized carbons (Fsp3) is 0.500. The Balaban J connectivity index is 2.31. The molecule has 10 heteroatoms. The van der Waals surface area contributed by atoms with Gasteiger partial charge < -0.3 is 10.2 Å². The molecule has 0 bridgehead atoms. The average molecular weight is 368 g/mol. The lowest BCUT2D eigenvalue weighted by Crippen LogP contribution is -2.38. The van der Waals surface area contributed by atoms with Gasteiger partial charge in [0, 0.05) is 13.1 Å². The molecule has 0 spiro atoms. The summed E-state index contributed by atoms with van der Waals surface area (Å²) < 4.78 is 26.5. The molecule has 1 aliphatic rings. The zero-order valence-corrected chi connectivity index (χ0v) is 14.0. The predicted octanol–water partition coefficient (Wildman–Crippen LogP) is 1.65. The zero-order chi connectivity index (χ0) is 16.7. The Labute approximate surface area is 136 Å². The molecule has 0 radical (unpaired) electrons. The van der Waals surface area contributed by atoms with Crippen molar-refractivity contribution in [2.45, 2.75) is 24.0 Å². The highest BCUT2D eigenvalue weighted by Crippen LogP contribution is 2.39. The minimum Gasteiger partial charge on any atom is -0.481 e. The van der Waals surface area contributed by atoms with E-state index in [1.54, 1.807) is 6.92 Å².